The van der Waals surface area contributed by atoms with Gasteiger partial charge in [-0.15, -0.1) is 0 Å². The third kappa shape index (κ3) is 4.15. The molecule has 2 aromatic rings. The molecule has 0 aliphatic carbocycles. The van der Waals surface area contributed by atoms with Crippen molar-refractivity contribution in [1.29, 1.82) is 0 Å². The number of nitrogens with one attached hydrogen (secondary N) is 1. The van der Waals surface area contributed by atoms with E-state index in [4.69, 9.17) is 0 Å². The van der Waals surface area contributed by atoms with E-state index in [1.807, 2.05) is 44.2 Å². The average molecular weight is 368 g/mol. The third-order valence-electron chi connectivity index (χ3n) is 3.39. The summed E-state index contributed by atoms with van der Waals surface area (Å²) in [6.45, 7) is 4.25. The van der Waals surface area contributed by atoms with Gasteiger partial charge < -0.3 is 0 Å². The number of hydrogen-bond donors (Lipinski definition) is 1. The second-order valence-corrected chi connectivity index (χ2v) is 7.70. The van der Waals surface area contributed by atoms with Gasteiger partial charge in [-0.1, -0.05) is 53.2 Å². The van der Waals surface area contributed by atoms with Crippen molar-refractivity contribution in [2.24, 2.45) is 0 Å². The fourth-order valence-electron chi connectivity index (χ4n) is 2.00. The van der Waals surface area contributed by atoms with Crippen LogP contribution in [0.5, 0.6) is 0 Å². The maximum Gasteiger partial charge on any atom is 0.240 e. The van der Waals surface area contributed by atoms with E-state index >= 15 is 0 Å². The van der Waals surface area contributed by atoms with Gasteiger partial charge in [0.05, 0.1) is 4.90 Å². The molecule has 2 aromatic carbocycles. The fourth-order valence-corrected chi connectivity index (χ4v) is 3.46. The predicted octanol–water partition coefficient (Wildman–Crippen LogP) is 3.84. The molecule has 0 bridgehead atoms. The summed E-state index contributed by atoms with van der Waals surface area (Å²) in [6.07, 6.45) is 0. The van der Waals surface area contributed by atoms with Crippen LogP contribution in [0.2, 0.25) is 0 Å². The first kappa shape index (κ1) is 16.2. The molecule has 1 N–H and O–H groups in total. The Bertz CT molecular complexity index is 714. The Hall–Kier alpha value is -1.17. The van der Waals surface area contributed by atoms with Crippen LogP contribution >= 0.6 is 15.9 Å². The zero-order valence-electron chi connectivity index (χ0n) is 12.0. The Kier molecular flexibility index (Phi) is 5.19. The molecule has 0 spiro atoms. The summed E-state index contributed by atoms with van der Waals surface area (Å²) in [5.74, 6) is 0.123. The van der Waals surface area contributed by atoms with Crippen molar-refractivity contribution in [2.75, 3.05) is 6.54 Å². The van der Waals surface area contributed by atoms with E-state index in [0.29, 0.717) is 11.4 Å². The van der Waals surface area contributed by atoms with Gasteiger partial charge in [-0.2, -0.15) is 0 Å². The number of hydrogen-bond acceptors (Lipinski definition) is 2. The normalized spacial score (nSPS) is 13.1. The van der Waals surface area contributed by atoms with Gasteiger partial charge in [-0.3, -0.25) is 0 Å². The van der Waals surface area contributed by atoms with E-state index < -0.39 is 10.0 Å². The smallest absolute Gasteiger partial charge is 0.211 e. The van der Waals surface area contributed by atoms with Crippen molar-refractivity contribution in [3.63, 3.8) is 0 Å². The van der Waals surface area contributed by atoms with Crippen LogP contribution < -0.4 is 4.72 Å². The standard InChI is InChI=1S/C16H18BrNO2S/c1-12-10-15(8-9-16(12)17)21(19,20)18-11-13(2)14-6-4-3-5-7-14/h3-10,13,18H,11H2,1-2H3. The second-order valence-electron chi connectivity index (χ2n) is 5.07. The summed E-state index contributed by atoms with van der Waals surface area (Å²) >= 11 is 3.37. The van der Waals surface area contributed by atoms with Crippen LogP contribution in [0, 0.1) is 6.92 Å². The Morgan fingerprint density at radius 2 is 1.81 bits per heavy atom. The van der Waals surface area contributed by atoms with Crippen LogP contribution in [-0.2, 0) is 10.0 Å². The minimum absolute atomic E-state index is 0.123. The predicted molar refractivity (Wildman–Crippen MR) is 88.9 cm³/mol. The van der Waals surface area contributed by atoms with E-state index in [1.54, 1.807) is 18.2 Å². The first-order chi connectivity index (χ1) is 9.90. The third-order valence-corrected chi connectivity index (χ3v) is 5.70. The van der Waals surface area contributed by atoms with Crippen LogP contribution in [0.25, 0.3) is 0 Å². The maximum absolute atomic E-state index is 12.3. The minimum atomic E-state index is -3.47. The molecule has 1 unspecified atom stereocenters. The van der Waals surface area contributed by atoms with Gasteiger partial charge in [0, 0.05) is 11.0 Å². The SMILES string of the molecule is Cc1cc(S(=O)(=O)NCC(C)c2ccccc2)ccc1Br. The van der Waals surface area contributed by atoms with Gasteiger partial charge in [0.2, 0.25) is 10.0 Å². The second kappa shape index (κ2) is 6.73. The highest BCUT2D eigenvalue weighted by molar-refractivity contribution is 9.10. The molecule has 0 amide bonds. The number of halogens is 1. The summed E-state index contributed by atoms with van der Waals surface area (Å²) in [6, 6.07) is 14.9. The van der Waals surface area contributed by atoms with Crippen molar-refractivity contribution < 1.29 is 8.42 Å². The monoisotopic (exact) mass is 367 g/mol. The highest BCUT2D eigenvalue weighted by Crippen LogP contribution is 2.20. The molecule has 0 radical (unpaired) electrons. The van der Waals surface area contributed by atoms with Crippen LogP contribution in [0.15, 0.2) is 57.9 Å². The van der Waals surface area contributed by atoms with Crippen molar-refractivity contribution in [3.8, 4) is 0 Å². The first-order valence-electron chi connectivity index (χ1n) is 6.71. The number of rotatable bonds is 5. The summed E-state index contributed by atoms with van der Waals surface area (Å²) < 4.78 is 28.2. The molecule has 0 aliphatic heterocycles. The summed E-state index contributed by atoms with van der Waals surface area (Å²) in [7, 11) is -3.47. The van der Waals surface area contributed by atoms with Gasteiger partial charge >= 0.3 is 0 Å². The van der Waals surface area contributed by atoms with Gasteiger partial charge in [-0.05, 0) is 42.2 Å². The molecule has 5 heteroatoms. The molecule has 2 rings (SSSR count). The van der Waals surface area contributed by atoms with E-state index in [0.717, 1.165) is 15.6 Å². The van der Waals surface area contributed by atoms with E-state index in [-0.39, 0.29) is 5.92 Å². The molecule has 0 fully saturated rings. The Balaban J connectivity index is 2.09. The van der Waals surface area contributed by atoms with Crippen molar-refractivity contribution >= 4 is 26.0 Å². The lowest BCUT2D eigenvalue weighted by molar-refractivity contribution is 0.575. The van der Waals surface area contributed by atoms with E-state index in [2.05, 4.69) is 20.7 Å². The zero-order valence-corrected chi connectivity index (χ0v) is 14.4. The molecule has 0 heterocycles. The molecular formula is C16H18BrNO2S. The first-order valence-corrected chi connectivity index (χ1v) is 8.98. The Morgan fingerprint density at radius 1 is 1.14 bits per heavy atom. The Morgan fingerprint density at radius 3 is 2.43 bits per heavy atom. The summed E-state index contributed by atoms with van der Waals surface area (Å²) in [5.41, 5.74) is 2.01. The minimum Gasteiger partial charge on any atom is -0.211 e. The lowest BCUT2D eigenvalue weighted by atomic mass is 10.0. The van der Waals surface area contributed by atoms with Crippen molar-refractivity contribution in [2.45, 2.75) is 24.7 Å². The molecule has 112 valence electrons. The molecular weight excluding hydrogens is 350 g/mol. The molecule has 0 aliphatic rings. The van der Waals surface area contributed by atoms with Gasteiger partial charge in [0.25, 0.3) is 0 Å². The lowest BCUT2D eigenvalue weighted by Gasteiger charge is -2.14. The van der Waals surface area contributed by atoms with Crippen molar-refractivity contribution in [1.82, 2.24) is 4.72 Å². The summed E-state index contributed by atoms with van der Waals surface area (Å²) in [5, 5.41) is 0. The quantitative estimate of drug-likeness (QED) is 0.872. The van der Waals surface area contributed by atoms with Gasteiger partial charge in [0.1, 0.15) is 0 Å². The van der Waals surface area contributed by atoms with Gasteiger partial charge in [0.15, 0.2) is 0 Å². The molecule has 1 atom stereocenters. The number of aryl methyl sites for hydroxylation is 1. The highest BCUT2D eigenvalue weighted by Gasteiger charge is 2.16. The van der Waals surface area contributed by atoms with Gasteiger partial charge in [-0.25, -0.2) is 13.1 Å². The van der Waals surface area contributed by atoms with Crippen LogP contribution in [0.3, 0.4) is 0 Å². The van der Waals surface area contributed by atoms with Crippen LogP contribution in [0.1, 0.15) is 24.0 Å². The summed E-state index contributed by atoms with van der Waals surface area (Å²) in [4.78, 5) is 0.295. The largest absolute Gasteiger partial charge is 0.240 e. The topological polar surface area (TPSA) is 46.2 Å². The Labute approximate surface area is 134 Å². The van der Waals surface area contributed by atoms with Crippen LogP contribution in [-0.4, -0.2) is 15.0 Å². The maximum atomic E-state index is 12.3. The number of sulfonamides is 1. The van der Waals surface area contributed by atoms with Crippen molar-refractivity contribution in [3.05, 3.63) is 64.1 Å². The number of benzene rings is 2. The molecule has 0 aromatic heterocycles. The molecule has 0 saturated heterocycles. The molecule has 3 nitrogen and oxygen atoms in total. The van der Waals surface area contributed by atoms with E-state index in [9.17, 15) is 8.42 Å². The lowest BCUT2D eigenvalue weighted by Crippen LogP contribution is -2.27. The van der Waals surface area contributed by atoms with Crippen LogP contribution in [0.4, 0.5) is 0 Å². The zero-order chi connectivity index (χ0) is 15.5. The highest BCUT2D eigenvalue weighted by atomic mass is 79.9. The molecule has 21 heavy (non-hydrogen) atoms. The fraction of sp³-hybridized carbons (Fsp3) is 0.250. The molecule has 0 saturated carbocycles. The van der Waals surface area contributed by atoms with E-state index in [1.165, 1.54) is 0 Å². The average Bonchev–Trinajstić information content (AvgIpc) is 2.48.